The smallest absolute Gasteiger partial charge is 0.00698 e. The van der Waals surface area contributed by atoms with Crippen LogP contribution in [-0.2, 0) is 0 Å². The fourth-order valence-corrected chi connectivity index (χ4v) is 3.72. The minimum atomic E-state index is 0.500. The second-order valence-electron chi connectivity index (χ2n) is 6.23. The largest absolute Gasteiger partial charge is 0.327 e. The molecule has 1 saturated carbocycles. The summed E-state index contributed by atoms with van der Waals surface area (Å²) in [7, 11) is 0. The van der Waals surface area contributed by atoms with Crippen LogP contribution >= 0.6 is 0 Å². The van der Waals surface area contributed by atoms with E-state index < -0.39 is 0 Å². The summed E-state index contributed by atoms with van der Waals surface area (Å²) in [6.45, 7) is 6.20. The van der Waals surface area contributed by atoms with Gasteiger partial charge in [-0.3, -0.25) is 0 Å². The van der Waals surface area contributed by atoms with E-state index >= 15 is 0 Å². The molecule has 0 aromatic carbocycles. The number of piperidine rings is 1. The van der Waals surface area contributed by atoms with Crippen LogP contribution in [0.2, 0.25) is 0 Å². The molecular weight excluding hydrogens is 208 g/mol. The molecule has 2 nitrogen and oxygen atoms in total. The van der Waals surface area contributed by atoms with E-state index in [-0.39, 0.29) is 0 Å². The van der Waals surface area contributed by atoms with E-state index in [1.807, 2.05) is 0 Å². The second-order valence-corrected chi connectivity index (χ2v) is 6.23. The van der Waals surface area contributed by atoms with Gasteiger partial charge in [0.2, 0.25) is 0 Å². The molecule has 1 aliphatic heterocycles. The molecule has 1 heterocycles. The Kier molecular flexibility index (Phi) is 5.30. The topological polar surface area (TPSA) is 29.3 Å². The fourth-order valence-electron chi connectivity index (χ4n) is 3.72. The zero-order chi connectivity index (χ0) is 12.1. The fraction of sp³-hybridized carbons (Fsp3) is 1.00. The molecule has 17 heavy (non-hydrogen) atoms. The molecular formula is C15H30N2. The number of likely N-dealkylation sites (tertiary alicyclic amines) is 1. The van der Waals surface area contributed by atoms with Gasteiger partial charge in [-0.15, -0.1) is 0 Å². The van der Waals surface area contributed by atoms with Gasteiger partial charge in [-0.05, 0) is 70.0 Å². The van der Waals surface area contributed by atoms with Crippen molar-refractivity contribution in [3.05, 3.63) is 0 Å². The molecule has 0 aromatic heterocycles. The number of nitrogens with zero attached hydrogens (tertiary/aromatic N) is 1. The van der Waals surface area contributed by atoms with E-state index in [0.717, 1.165) is 11.8 Å². The van der Waals surface area contributed by atoms with Crippen LogP contribution in [0.25, 0.3) is 0 Å². The van der Waals surface area contributed by atoms with Crippen molar-refractivity contribution in [3.8, 4) is 0 Å². The van der Waals surface area contributed by atoms with E-state index in [9.17, 15) is 0 Å². The summed E-state index contributed by atoms with van der Waals surface area (Å²) in [5.41, 5.74) is 6.39. The summed E-state index contributed by atoms with van der Waals surface area (Å²) < 4.78 is 0. The second kappa shape index (κ2) is 6.75. The third-order valence-corrected chi connectivity index (χ3v) is 4.86. The van der Waals surface area contributed by atoms with Crippen LogP contribution in [0.4, 0.5) is 0 Å². The molecule has 2 N–H and O–H groups in total. The van der Waals surface area contributed by atoms with E-state index in [4.69, 9.17) is 5.73 Å². The van der Waals surface area contributed by atoms with Gasteiger partial charge in [-0.25, -0.2) is 0 Å². The predicted octanol–water partition coefficient (Wildman–Crippen LogP) is 3.02. The Bertz CT molecular complexity index is 203. The van der Waals surface area contributed by atoms with Gasteiger partial charge in [0, 0.05) is 6.04 Å². The number of hydrogen-bond donors (Lipinski definition) is 1. The summed E-state index contributed by atoms with van der Waals surface area (Å²) in [5.74, 6) is 1.77. The van der Waals surface area contributed by atoms with Crippen molar-refractivity contribution in [1.82, 2.24) is 4.90 Å². The van der Waals surface area contributed by atoms with Gasteiger partial charge in [-0.1, -0.05) is 19.8 Å². The summed E-state index contributed by atoms with van der Waals surface area (Å²) >= 11 is 0. The van der Waals surface area contributed by atoms with Crippen LogP contribution < -0.4 is 5.73 Å². The Morgan fingerprint density at radius 1 is 1.12 bits per heavy atom. The molecule has 0 radical (unpaired) electrons. The van der Waals surface area contributed by atoms with Crippen molar-refractivity contribution < 1.29 is 0 Å². The lowest BCUT2D eigenvalue weighted by molar-refractivity contribution is 0.168. The summed E-state index contributed by atoms with van der Waals surface area (Å²) in [6, 6.07) is 0.500. The van der Waals surface area contributed by atoms with E-state index in [0.29, 0.717) is 6.04 Å². The van der Waals surface area contributed by atoms with E-state index in [1.165, 1.54) is 71.0 Å². The van der Waals surface area contributed by atoms with Crippen LogP contribution in [-0.4, -0.2) is 30.6 Å². The SMILES string of the molecule is CCCN1CCC(CC(N)C2CCCC2)CC1. The van der Waals surface area contributed by atoms with Crippen LogP contribution in [0.1, 0.15) is 58.3 Å². The Labute approximate surface area is 107 Å². The first-order valence-electron chi connectivity index (χ1n) is 7.77. The van der Waals surface area contributed by atoms with Crippen LogP contribution in [0, 0.1) is 11.8 Å². The molecule has 0 aromatic rings. The molecule has 2 aliphatic rings. The molecule has 0 bridgehead atoms. The molecule has 2 heteroatoms. The zero-order valence-electron chi connectivity index (χ0n) is 11.5. The minimum absolute atomic E-state index is 0.500. The molecule has 0 amide bonds. The summed E-state index contributed by atoms with van der Waals surface area (Å²) in [5, 5.41) is 0. The lowest BCUT2D eigenvalue weighted by Gasteiger charge is -2.33. The van der Waals surface area contributed by atoms with E-state index in [2.05, 4.69) is 11.8 Å². The zero-order valence-corrected chi connectivity index (χ0v) is 11.5. The molecule has 0 spiro atoms. The van der Waals surface area contributed by atoms with Crippen LogP contribution in [0.15, 0.2) is 0 Å². The lowest BCUT2D eigenvalue weighted by atomic mass is 9.85. The third kappa shape index (κ3) is 3.96. The van der Waals surface area contributed by atoms with Gasteiger partial charge in [0.15, 0.2) is 0 Å². The molecule has 2 rings (SSSR count). The highest BCUT2D eigenvalue weighted by atomic mass is 15.1. The van der Waals surface area contributed by atoms with Crippen molar-refractivity contribution in [2.75, 3.05) is 19.6 Å². The third-order valence-electron chi connectivity index (χ3n) is 4.86. The lowest BCUT2D eigenvalue weighted by Crippen LogP contribution is -2.38. The molecule has 2 fully saturated rings. The van der Waals surface area contributed by atoms with Crippen molar-refractivity contribution in [3.63, 3.8) is 0 Å². The first-order valence-corrected chi connectivity index (χ1v) is 7.77. The Hall–Kier alpha value is -0.0800. The standard InChI is InChI=1S/C15H30N2/c1-2-9-17-10-7-13(8-11-17)12-15(16)14-5-3-4-6-14/h13-15H,2-12,16H2,1H3. The Morgan fingerprint density at radius 2 is 1.76 bits per heavy atom. The minimum Gasteiger partial charge on any atom is -0.327 e. The van der Waals surface area contributed by atoms with Crippen molar-refractivity contribution in [2.45, 2.75) is 64.3 Å². The molecule has 1 unspecified atom stereocenters. The van der Waals surface area contributed by atoms with Crippen molar-refractivity contribution >= 4 is 0 Å². The highest BCUT2D eigenvalue weighted by molar-refractivity contribution is 4.82. The molecule has 1 atom stereocenters. The monoisotopic (exact) mass is 238 g/mol. The van der Waals surface area contributed by atoms with Gasteiger partial charge >= 0.3 is 0 Å². The van der Waals surface area contributed by atoms with Crippen molar-refractivity contribution in [2.24, 2.45) is 17.6 Å². The van der Waals surface area contributed by atoms with Crippen LogP contribution in [0.5, 0.6) is 0 Å². The number of nitrogens with two attached hydrogens (primary N) is 1. The Morgan fingerprint density at radius 3 is 2.35 bits per heavy atom. The quantitative estimate of drug-likeness (QED) is 0.798. The summed E-state index contributed by atoms with van der Waals surface area (Å²) in [4.78, 5) is 2.62. The van der Waals surface area contributed by atoms with Gasteiger partial charge < -0.3 is 10.6 Å². The highest BCUT2D eigenvalue weighted by Gasteiger charge is 2.26. The molecule has 1 saturated heterocycles. The maximum atomic E-state index is 6.39. The predicted molar refractivity (Wildman–Crippen MR) is 74.0 cm³/mol. The molecule has 100 valence electrons. The van der Waals surface area contributed by atoms with Gasteiger partial charge in [0.25, 0.3) is 0 Å². The van der Waals surface area contributed by atoms with Crippen LogP contribution in [0.3, 0.4) is 0 Å². The maximum Gasteiger partial charge on any atom is 0.00698 e. The maximum absolute atomic E-state index is 6.39. The first-order chi connectivity index (χ1) is 8.29. The number of rotatable bonds is 5. The average Bonchev–Trinajstić information content (AvgIpc) is 2.86. The van der Waals surface area contributed by atoms with Crippen molar-refractivity contribution in [1.29, 1.82) is 0 Å². The summed E-state index contributed by atoms with van der Waals surface area (Å²) in [6.07, 6.45) is 11.0. The normalized spacial score (nSPS) is 26.5. The molecule has 1 aliphatic carbocycles. The average molecular weight is 238 g/mol. The first kappa shape index (κ1) is 13.4. The van der Waals surface area contributed by atoms with Gasteiger partial charge in [0.05, 0.1) is 0 Å². The number of hydrogen-bond acceptors (Lipinski definition) is 2. The van der Waals surface area contributed by atoms with Gasteiger partial charge in [0.1, 0.15) is 0 Å². The highest BCUT2D eigenvalue weighted by Crippen LogP contribution is 2.31. The van der Waals surface area contributed by atoms with E-state index in [1.54, 1.807) is 0 Å². The Balaban J connectivity index is 1.66. The van der Waals surface area contributed by atoms with Gasteiger partial charge in [-0.2, -0.15) is 0 Å².